The van der Waals surface area contributed by atoms with E-state index in [-0.39, 0.29) is 11.8 Å². The molecule has 2 amide bonds. The number of hydrogen-bond acceptors (Lipinski definition) is 4. The number of hydrogen-bond donors (Lipinski definition) is 1. The summed E-state index contributed by atoms with van der Waals surface area (Å²) in [7, 11) is 0. The number of carbonyl (C=O) groups excluding carboxylic acids is 2. The molecular weight excluding hydrogens is 366 g/mol. The number of imidazole rings is 1. The molecule has 1 N–H and O–H groups in total. The molecule has 0 bridgehead atoms. The Balaban J connectivity index is 1.54. The molecule has 1 aliphatic rings. The normalized spacial score (nSPS) is 15.6. The van der Waals surface area contributed by atoms with Crippen molar-refractivity contribution in [1.29, 1.82) is 0 Å². The minimum absolute atomic E-state index is 0.0405. The van der Waals surface area contributed by atoms with Crippen LogP contribution in [0.25, 0.3) is 11.7 Å². The monoisotopic (exact) mass is 389 g/mol. The number of carbonyl (C=O) groups is 2. The van der Waals surface area contributed by atoms with E-state index in [1.165, 1.54) is 6.08 Å². The Morgan fingerprint density at radius 3 is 2.78 bits per heavy atom. The number of aromatic nitrogens is 2. The van der Waals surface area contributed by atoms with Gasteiger partial charge in [-0.15, -0.1) is 0 Å². The molecule has 1 saturated heterocycles. The maximum absolute atomic E-state index is 12.5. The molecule has 0 spiro atoms. The Hall–Kier alpha value is -2.38. The van der Waals surface area contributed by atoms with Crippen molar-refractivity contribution in [2.75, 3.05) is 39.3 Å². The molecule has 1 fully saturated rings. The maximum atomic E-state index is 12.5. The molecule has 0 saturated carbocycles. The molecule has 8 heteroatoms. The Morgan fingerprint density at radius 1 is 1.26 bits per heavy atom. The van der Waals surface area contributed by atoms with Crippen molar-refractivity contribution in [2.45, 2.75) is 13.3 Å². The van der Waals surface area contributed by atoms with E-state index in [0.29, 0.717) is 50.1 Å². The van der Waals surface area contributed by atoms with Crippen LogP contribution in [0, 0.1) is 0 Å². The van der Waals surface area contributed by atoms with E-state index in [4.69, 9.17) is 11.6 Å². The third-order valence-electron chi connectivity index (χ3n) is 4.53. The lowest BCUT2D eigenvalue weighted by atomic mass is 10.3. The van der Waals surface area contributed by atoms with Crippen molar-refractivity contribution in [3.8, 4) is 0 Å². The average Bonchev–Trinajstić information content (AvgIpc) is 3.00. The highest BCUT2D eigenvalue weighted by Gasteiger charge is 2.21. The zero-order valence-electron chi connectivity index (χ0n) is 15.4. The lowest BCUT2D eigenvalue weighted by Gasteiger charge is -2.33. The number of nitrogens with one attached hydrogen (secondary N) is 1. The summed E-state index contributed by atoms with van der Waals surface area (Å²) in [6.45, 7) is 5.70. The minimum atomic E-state index is -0.0629. The molecular formula is C19H24ClN5O2. The van der Waals surface area contributed by atoms with Crippen molar-refractivity contribution in [3.05, 3.63) is 41.3 Å². The summed E-state index contributed by atoms with van der Waals surface area (Å²) >= 11 is 6.19. The number of pyridine rings is 1. The molecule has 0 atom stereocenters. The molecule has 3 rings (SSSR count). The highest BCUT2D eigenvalue weighted by molar-refractivity contribution is 6.31. The first kappa shape index (κ1) is 19.4. The summed E-state index contributed by atoms with van der Waals surface area (Å²) in [6, 6.07) is 5.64. The number of nitrogens with zero attached hydrogens (tertiary/aromatic N) is 4. The summed E-state index contributed by atoms with van der Waals surface area (Å²) in [5.74, 6) is -0.0224. The first-order valence-corrected chi connectivity index (χ1v) is 9.55. The standard InChI is InChI=1S/C19H24ClN5O2/c1-2-8-21-17(26)14-23-10-12-24(13-11-23)18(27)7-6-15-19(20)22-16-5-3-4-9-25(15)16/h3-7,9H,2,8,10-14H2,1H3,(H,21,26)/b7-6+. The fourth-order valence-electron chi connectivity index (χ4n) is 3.04. The summed E-state index contributed by atoms with van der Waals surface area (Å²) < 4.78 is 1.85. The van der Waals surface area contributed by atoms with Crippen LogP contribution in [-0.2, 0) is 9.59 Å². The van der Waals surface area contributed by atoms with Crippen LogP contribution < -0.4 is 5.32 Å². The summed E-state index contributed by atoms with van der Waals surface area (Å²) in [6.07, 6.45) is 6.03. The van der Waals surface area contributed by atoms with Crippen LogP contribution in [-0.4, -0.2) is 70.3 Å². The zero-order valence-corrected chi connectivity index (χ0v) is 16.2. The van der Waals surface area contributed by atoms with Gasteiger partial charge in [0.1, 0.15) is 5.65 Å². The largest absolute Gasteiger partial charge is 0.355 e. The molecule has 3 heterocycles. The number of amides is 2. The lowest BCUT2D eigenvalue weighted by Crippen LogP contribution is -2.50. The molecule has 1 aliphatic heterocycles. The van der Waals surface area contributed by atoms with Crippen LogP contribution in [0.2, 0.25) is 5.15 Å². The Kier molecular flexibility index (Phi) is 6.47. The van der Waals surface area contributed by atoms with Crippen molar-refractivity contribution in [1.82, 2.24) is 24.5 Å². The molecule has 2 aromatic rings. The fourth-order valence-corrected chi connectivity index (χ4v) is 3.28. The summed E-state index contributed by atoms with van der Waals surface area (Å²) in [5.41, 5.74) is 1.43. The van der Waals surface area contributed by atoms with Gasteiger partial charge in [-0.3, -0.25) is 18.9 Å². The van der Waals surface area contributed by atoms with Crippen molar-refractivity contribution in [3.63, 3.8) is 0 Å². The van der Waals surface area contributed by atoms with E-state index in [9.17, 15) is 9.59 Å². The van der Waals surface area contributed by atoms with Gasteiger partial charge in [-0.1, -0.05) is 24.6 Å². The first-order valence-electron chi connectivity index (χ1n) is 9.17. The molecule has 0 aliphatic carbocycles. The zero-order chi connectivity index (χ0) is 19.2. The van der Waals surface area contributed by atoms with Gasteiger partial charge in [0.15, 0.2) is 5.15 Å². The number of halogens is 1. The SMILES string of the molecule is CCCNC(=O)CN1CCN(C(=O)/C=C/c2c(Cl)nc3ccccn23)CC1. The molecule has 144 valence electrons. The number of piperazine rings is 1. The van der Waals surface area contributed by atoms with Gasteiger partial charge < -0.3 is 10.2 Å². The van der Waals surface area contributed by atoms with Crippen LogP contribution in [0.5, 0.6) is 0 Å². The van der Waals surface area contributed by atoms with Crippen molar-refractivity contribution in [2.24, 2.45) is 0 Å². The summed E-state index contributed by atoms with van der Waals surface area (Å²) in [4.78, 5) is 32.4. The topological polar surface area (TPSA) is 70.0 Å². The minimum Gasteiger partial charge on any atom is -0.355 e. The van der Waals surface area contributed by atoms with Gasteiger partial charge in [-0.25, -0.2) is 4.98 Å². The highest BCUT2D eigenvalue weighted by atomic mass is 35.5. The average molecular weight is 390 g/mol. The second kappa shape index (κ2) is 9.01. The predicted molar refractivity (Wildman–Crippen MR) is 106 cm³/mol. The second-order valence-electron chi connectivity index (χ2n) is 6.50. The Labute approximate surface area is 163 Å². The van der Waals surface area contributed by atoms with Crippen LogP contribution in [0.3, 0.4) is 0 Å². The van der Waals surface area contributed by atoms with Gasteiger partial charge in [0.25, 0.3) is 0 Å². The quantitative estimate of drug-likeness (QED) is 0.763. The van der Waals surface area contributed by atoms with E-state index in [0.717, 1.165) is 12.1 Å². The van der Waals surface area contributed by atoms with Crippen molar-refractivity contribution < 1.29 is 9.59 Å². The Morgan fingerprint density at radius 2 is 2.04 bits per heavy atom. The van der Waals surface area contributed by atoms with Crippen LogP contribution in [0.1, 0.15) is 19.0 Å². The van der Waals surface area contributed by atoms with Gasteiger partial charge in [0.05, 0.1) is 12.2 Å². The van der Waals surface area contributed by atoms with Crippen LogP contribution >= 0.6 is 11.6 Å². The predicted octanol–water partition coefficient (Wildman–Crippen LogP) is 1.67. The lowest BCUT2D eigenvalue weighted by molar-refractivity contribution is -0.128. The van der Waals surface area contributed by atoms with E-state index in [2.05, 4.69) is 15.2 Å². The number of fused-ring (bicyclic) bond motifs is 1. The van der Waals surface area contributed by atoms with E-state index in [1.807, 2.05) is 35.7 Å². The third-order valence-corrected chi connectivity index (χ3v) is 4.81. The third kappa shape index (κ3) is 4.87. The first-order chi connectivity index (χ1) is 13.1. The molecule has 2 aromatic heterocycles. The number of rotatable bonds is 6. The van der Waals surface area contributed by atoms with Crippen LogP contribution in [0.4, 0.5) is 0 Å². The van der Waals surface area contributed by atoms with Gasteiger partial charge in [-0.05, 0) is 24.6 Å². The van der Waals surface area contributed by atoms with E-state index >= 15 is 0 Å². The van der Waals surface area contributed by atoms with Crippen molar-refractivity contribution >= 4 is 35.1 Å². The van der Waals surface area contributed by atoms with E-state index in [1.54, 1.807) is 11.0 Å². The van der Waals surface area contributed by atoms with Gasteiger partial charge in [0, 0.05) is 45.0 Å². The van der Waals surface area contributed by atoms with Gasteiger partial charge in [0.2, 0.25) is 11.8 Å². The van der Waals surface area contributed by atoms with Gasteiger partial charge >= 0.3 is 0 Å². The second-order valence-corrected chi connectivity index (χ2v) is 6.86. The maximum Gasteiger partial charge on any atom is 0.246 e. The molecule has 7 nitrogen and oxygen atoms in total. The fraction of sp³-hybridized carbons (Fsp3) is 0.421. The molecule has 27 heavy (non-hydrogen) atoms. The molecule has 0 unspecified atom stereocenters. The van der Waals surface area contributed by atoms with Crippen LogP contribution in [0.15, 0.2) is 30.5 Å². The Bertz CT molecular complexity index is 840. The van der Waals surface area contributed by atoms with E-state index < -0.39 is 0 Å². The summed E-state index contributed by atoms with van der Waals surface area (Å²) in [5, 5.41) is 3.24. The highest BCUT2D eigenvalue weighted by Crippen LogP contribution is 2.19. The van der Waals surface area contributed by atoms with Gasteiger partial charge in [-0.2, -0.15) is 0 Å². The molecule has 0 aromatic carbocycles. The molecule has 0 radical (unpaired) electrons. The smallest absolute Gasteiger partial charge is 0.246 e.